The van der Waals surface area contributed by atoms with Gasteiger partial charge in [0.2, 0.25) is 0 Å². The van der Waals surface area contributed by atoms with Gasteiger partial charge in [-0.1, -0.05) is 30.2 Å². The predicted molar refractivity (Wildman–Crippen MR) is 149 cm³/mol. The van der Waals surface area contributed by atoms with Crippen molar-refractivity contribution in [2.75, 3.05) is 38.7 Å². The minimum absolute atomic E-state index is 0.0114. The van der Waals surface area contributed by atoms with Crippen LogP contribution in [0.25, 0.3) is 32.9 Å². The molecule has 0 spiro atoms. The minimum Gasteiger partial charge on any atom is -0.467 e. The van der Waals surface area contributed by atoms with E-state index < -0.39 is 17.2 Å². The zero-order valence-electron chi connectivity index (χ0n) is 23.0. The Labute approximate surface area is 230 Å². The molecule has 5 rings (SSSR count). The summed E-state index contributed by atoms with van der Waals surface area (Å²) in [5.41, 5.74) is -0.169. The summed E-state index contributed by atoms with van der Waals surface area (Å²) in [6.45, 7) is 7.10. The van der Waals surface area contributed by atoms with Crippen molar-refractivity contribution in [3.8, 4) is 29.6 Å². The Balaban J connectivity index is 1.50. The van der Waals surface area contributed by atoms with E-state index in [0.29, 0.717) is 47.2 Å². The fourth-order valence-corrected chi connectivity index (χ4v) is 4.92. The first-order valence-electron chi connectivity index (χ1n) is 12.8. The number of carbonyl (C=O) groups is 1. The number of anilines is 1. The molecule has 0 unspecified atom stereocenters. The first kappa shape index (κ1) is 27.1. The van der Waals surface area contributed by atoms with Gasteiger partial charge in [0, 0.05) is 49.7 Å². The summed E-state index contributed by atoms with van der Waals surface area (Å²) in [6.07, 6.45) is 6.77. The van der Waals surface area contributed by atoms with Gasteiger partial charge >= 0.3 is 12.1 Å². The molecule has 8 nitrogen and oxygen atoms in total. The summed E-state index contributed by atoms with van der Waals surface area (Å²) < 4.78 is 41.5. The topological polar surface area (TPSA) is 80.7 Å². The first-order chi connectivity index (χ1) is 19.0. The Hall–Kier alpha value is -4.52. The second-order valence-electron chi connectivity index (χ2n) is 10.8. The van der Waals surface area contributed by atoms with E-state index in [1.54, 1.807) is 29.2 Å². The molecule has 206 valence electrons. The summed E-state index contributed by atoms with van der Waals surface area (Å²) in [5, 5.41) is 1.44. The second kappa shape index (κ2) is 10.2. The number of halogens is 2. The molecular weight excluding hydrogens is 516 g/mol. The Morgan fingerprint density at radius 1 is 1.20 bits per heavy atom. The molecule has 1 amide bonds. The number of ether oxygens (including phenoxy) is 2. The lowest BCUT2D eigenvalue weighted by atomic mass is 9.96. The predicted octanol–water partition coefficient (Wildman–Crippen LogP) is 5.42. The van der Waals surface area contributed by atoms with E-state index in [1.165, 1.54) is 19.4 Å². The molecule has 0 bridgehead atoms. The molecule has 1 saturated heterocycles. The summed E-state index contributed by atoms with van der Waals surface area (Å²) >= 11 is 0. The number of carbonyl (C=O) groups excluding carboxylic acids is 1. The van der Waals surface area contributed by atoms with Crippen LogP contribution in [0.1, 0.15) is 26.3 Å². The average molecular weight is 546 g/mol. The highest BCUT2D eigenvalue weighted by atomic mass is 19.1. The van der Waals surface area contributed by atoms with Crippen LogP contribution in [0, 0.1) is 29.9 Å². The summed E-state index contributed by atoms with van der Waals surface area (Å²) in [4.78, 5) is 29.0. The van der Waals surface area contributed by atoms with Gasteiger partial charge in [0.1, 0.15) is 28.4 Å². The molecule has 2 aromatic heterocycles. The Morgan fingerprint density at radius 3 is 2.62 bits per heavy atom. The number of hydrogen-bond acceptors (Lipinski definition) is 7. The van der Waals surface area contributed by atoms with E-state index in [-0.39, 0.29) is 34.8 Å². The van der Waals surface area contributed by atoms with E-state index in [0.717, 1.165) is 0 Å². The van der Waals surface area contributed by atoms with E-state index in [4.69, 9.17) is 15.9 Å². The Bertz CT molecular complexity index is 1670. The number of aromatic nitrogens is 3. The highest BCUT2D eigenvalue weighted by Crippen LogP contribution is 2.36. The van der Waals surface area contributed by atoms with Crippen LogP contribution in [0.3, 0.4) is 0 Å². The van der Waals surface area contributed by atoms with E-state index in [1.807, 2.05) is 32.7 Å². The number of pyridine rings is 1. The standard InChI is InChI=1S/C30H29F2N5O3/c1-7-19-22(31)12-11-18-9-8-10-20(23(18)19)25-24(32)26-21(13-33-25)27(35-28(34-26)39-6)36(5)14-17-15-37(16-17)29(38)40-30(2,3)4/h1,8-13,17H,14-16H2,2-6H3. The van der Waals surface area contributed by atoms with Crippen molar-refractivity contribution < 1.29 is 23.0 Å². The third kappa shape index (κ3) is 4.95. The van der Waals surface area contributed by atoms with Gasteiger partial charge in [-0.25, -0.2) is 13.6 Å². The van der Waals surface area contributed by atoms with Gasteiger partial charge in [-0.15, -0.1) is 6.42 Å². The molecule has 0 saturated carbocycles. The van der Waals surface area contributed by atoms with Gasteiger partial charge in [-0.3, -0.25) is 4.98 Å². The van der Waals surface area contributed by atoms with Gasteiger partial charge in [-0.2, -0.15) is 9.97 Å². The molecule has 40 heavy (non-hydrogen) atoms. The van der Waals surface area contributed by atoms with Crippen LogP contribution in [0.2, 0.25) is 0 Å². The van der Waals surface area contributed by atoms with E-state index in [2.05, 4.69) is 20.9 Å². The van der Waals surface area contributed by atoms with Crippen LogP contribution in [0.5, 0.6) is 6.01 Å². The van der Waals surface area contributed by atoms with E-state index in [9.17, 15) is 9.18 Å². The number of benzene rings is 2. The van der Waals surface area contributed by atoms with Gasteiger partial charge in [0.15, 0.2) is 5.82 Å². The van der Waals surface area contributed by atoms with Crippen molar-refractivity contribution in [3.63, 3.8) is 0 Å². The number of rotatable bonds is 5. The largest absolute Gasteiger partial charge is 0.467 e. The van der Waals surface area contributed by atoms with Crippen molar-refractivity contribution in [2.45, 2.75) is 26.4 Å². The molecule has 1 fully saturated rings. The number of methoxy groups -OCH3 is 1. The molecule has 2 aromatic carbocycles. The van der Waals surface area contributed by atoms with Crippen molar-refractivity contribution in [2.24, 2.45) is 5.92 Å². The highest BCUT2D eigenvalue weighted by molar-refractivity contribution is 6.02. The van der Waals surface area contributed by atoms with Crippen molar-refractivity contribution in [1.29, 1.82) is 0 Å². The average Bonchev–Trinajstić information content (AvgIpc) is 2.88. The minimum atomic E-state index is -0.702. The van der Waals surface area contributed by atoms with Crippen LogP contribution >= 0.6 is 0 Å². The second-order valence-corrected chi connectivity index (χ2v) is 10.8. The molecule has 0 N–H and O–H groups in total. The molecule has 4 aromatic rings. The maximum Gasteiger partial charge on any atom is 0.410 e. The van der Waals surface area contributed by atoms with Crippen molar-refractivity contribution >= 4 is 33.6 Å². The van der Waals surface area contributed by atoms with Crippen LogP contribution in [0.15, 0.2) is 36.5 Å². The van der Waals surface area contributed by atoms with Crippen molar-refractivity contribution in [1.82, 2.24) is 19.9 Å². The lowest BCUT2D eigenvalue weighted by molar-refractivity contribution is 0.000179. The van der Waals surface area contributed by atoms with Crippen LogP contribution in [-0.2, 0) is 4.74 Å². The number of amides is 1. The van der Waals surface area contributed by atoms with Crippen molar-refractivity contribution in [3.05, 3.63) is 53.7 Å². The van der Waals surface area contributed by atoms with Gasteiger partial charge < -0.3 is 19.3 Å². The molecule has 10 heteroatoms. The highest BCUT2D eigenvalue weighted by Gasteiger charge is 2.35. The summed E-state index contributed by atoms with van der Waals surface area (Å²) in [6, 6.07) is 8.04. The summed E-state index contributed by atoms with van der Waals surface area (Å²) in [7, 11) is 3.23. The van der Waals surface area contributed by atoms with Crippen LogP contribution < -0.4 is 9.64 Å². The Kier molecular flexibility index (Phi) is 6.92. The molecule has 3 heterocycles. The van der Waals surface area contributed by atoms with Gasteiger partial charge in [0.05, 0.1) is 18.1 Å². The monoisotopic (exact) mass is 545 g/mol. The lowest BCUT2D eigenvalue weighted by Gasteiger charge is -2.41. The zero-order chi connectivity index (χ0) is 28.8. The number of fused-ring (bicyclic) bond motifs is 2. The van der Waals surface area contributed by atoms with E-state index >= 15 is 4.39 Å². The first-order valence-corrected chi connectivity index (χ1v) is 12.8. The Morgan fingerprint density at radius 2 is 1.95 bits per heavy atom. The normalized spacial score (nSPS) is 13.7. The smallest absolute Gasteiger partial charge is 0.410 e. The zero-order valence-corrected chi connectivity index (χ0v) is 23.0. The maximum absolute atomic E-state index is 16.2. The summed E-state index contributed by atoms with van der Waals surface area (Å²) in [5.74, 6) is 1.71. The lowest BCUT2D eigenvalue weighted by Crippen LogP contribution is -2.54. The van der Waals surface area contributed by atoms with Gasteiger partial charge in [0.25, 0.3) is 0 Å². The number of hydrogen-bond donors (Lipinski definition) is 0. The number of likely N-dealkylation sites (tertiary alicyclic amines) is 1. The number of nitrogens with zero attached hydrogens (tertiary/aromatic N) is 5. The molecule has 1 aliphatic rings. The SMILES string of the molecule is C#Cc1c(F)ccc2cccc(-c3ncc4c(N(C)CC5CN(C(=O)OC(C)(C)C)C5)nc(OC)nc4c3F)c12. The number of terminal acetylenes is 1. The third-order valence-corrected chi connectivity index (χ3v) is 6.72. The molecule has 0 atom stereocenters. The molecule has 0 aliphatic carbocycles. The maximum atomic E-state index is 16.2. The fourth-order valence-electron chi connectivity index (χ4n) is 4.92. The molecule has 1 aliphatic heterocycles. The van der Waals surface area contributed by atoms with Gasteiger partial charge in [-0.05, 0) is 32.2 Å². The van der Waals surface area contributed by atoms with Crippen LogP contribution in [0.4, 0.5) is 19.4 Å². The third-order valence-electron chi connectivity index (χ3n) is 6.72. The quantitative estimate of drug-likeness (QED) is 0.310. The van der Waals surface area contributed by atoms with Crippen LogP contribution in [-0.4, -0.2) is 65.3 Å². The molecule has 0 radical (unpaired) electrons. The fraction of sp³-hybridized carbons (Fsp3) is 0.333. The molecular formula is C30H29F2N5O3.